The molecule has 2 aromatic rings. The Morgan fingerprint density at radius 2 is 2.04 bits per heavy atom. The van der Waals surface area contributed by atoms with Gasteiger partial charge in [-0.25, -0.2) is 13.8 Å². The van der Waals surface area contributed by atoms with E-state index in [0.717, 1.165) is 11.3 Å². The molecule has 4 nitrogen and oxygen atoms in total. The van der Waals surface area contributed by atoms with Crippen molar-refractivity contribution in [3.8, 4) is 0 Å². The van der Waals surface area contributed by atoms with Crippen LogP contribution >= 0.6 is 11.6 Å². The lowest BCUT2D eigenvalue weighted by Crippen LogP contribution is -2.24. The van der Waals surface area contributed by atoms with E-state index in [4.69, 9.17) is 11.6 Å². The number of anilines is 1. The number of hydrogen-bond donors (Lipinski definition) is 0. The van der Waals surface area contributed by atoms with Gasteiger partial charge in [-0.3, -0.25) is 4.68 Å². The Labute approximate surface area is 145 Å². The highest BCUT2D eigenvalue weighted by Gasteiger charge is 2.38. The average molecular weight is 355 g/mol. The molecule has 1 aliphatic rings. The third-order valence-electron chi connectivity index (χ3n) is 4.18. The van der Waals surface area contributed by atoms with Crippen LogP contribution < -0.4 is 4.90 Å². The Hall–Kier alpha value is -1.69. The molecule has 0 amide bonds. The first-order valence-corrected chi connectivity index (χ1v) is 8.33. The fourth-order valence-electron chi connectivity index (χ4n) is 2.73. The molecule has 1 saturated heterocycles. The van der Waals surface area contributed by atoms with E-state index < -0.39 is 5.92 Å². The third-order valence-corrected chi connectivity index (χ3v) is 4.51. The Morgan fingerprint density at radius 1 is 1.29 bits per heavy atom. The summed E-state index contributed by atoms with van der Waals surface area (Å²) in [7, 11) is 0. The van der Waals surface area contributed by atoms with Gasteiger partial charge in [-0.15, -0.1) is 0 Å². The fraction of sp³-hybridized carbons (Fsp3) is 0.529. The number of halogens is 3. The van der Waals surface area contributed by atoms with Gasteiger partial charge in [0.2, 0.25) is 0 Å². The van der Waals surface area contributed by atoms with Crippen molar-refractivity contribution in [1.82, 2.24) is 14.8 Å². The molecule has 24 heavy (non-hydrogen) atoms. The van der Waals surface area contributed by atoms with Crippen LogP contribution in [0.15, 0.2) is 24.5 Å². The van der Waals surface area contributed by atoms with Crippen LogP contribution in [-0.2, 0) is 12.0 Å². The predicted molar refractivity (Wildman–Crippen MR) is 91.1 cm³/mol. The zero-order valence-electron chi connectivity index (χ0n) is 14.1. The van der Waals surface area contributed by atoms with Crippen molar-refractivity contribution in [2.45, 2.75) is 45.1 Å². The van der Waals surface area contributed by atoms with Gasteiger partial charge in [0.25, 0.3) is 5.92 Å². The van der Waals surface area contributed by atoms with Gasteiger partial charge in [-0.05, 0) is 6.07 Å². The number of aromatic nitrogens is 3. The maximum atomic E-state index is 13.3. The monoisotopic (exact) mass is 354 g/mol. The van der Waals surface area contributed by atoms with Gasteiger partial charge >= 0.3 is 0 Å². The van der Waals surface area contributed by atoms with Crippen LogP contribution in [0.4, 0.5) is 14.5 Å². The van der Waals surface area contributed by atoms with Gasteiger partial charge in [-0.1, -0.05) is 38.4 Å². The van der Waals surface area contributed by atoms with Crippen molar-refractivity contribution in [3.63, 3.8) is 0 Å². The van der Waals surface area contributed by atoms with Crippen molar-refractivity contribution in [2.24, 2.45) is 0 Å². The van der Waals surface area contributed by atoms with Crippen molar-refractivity contribution < 1.29 is 8.78 Å². The molecule has 0 aromatic carbocycles. The quantitative estimate of drug-likeness (QED) is 0.777. The van der Waals surface area contributed by atoms with Crippen molar-refractivity contribution in [2.75, 3.05) is 18.0 Å². The lowest BCUT2D eigenvalue weighted by atomic mass is 9.91. The first-order valence-electron chi connectivity index (χ1n) is 7.95. The van der Waals surface area contributed by atoms with Gasteiger partial charge in [0.1, 0.15) is 5.15 Å². The van der Waals surface area contributed by atoms with E-state index in [-0.39, 0.29) is 18.4 Å². The number of rotatable bonds is 3. The lowest BCUT2D eigenvalue weighted by Gasteiger charge is -2.18. The van der Waals surface area contributed by atoms with Crippen LogP contribution in [0, 0.1) is 0 Å². The van der Waals surface area contributed by atoms with Crippen LogP contribution in [0.25, 0.3) is 0 Å². The van der Waals surface area contributed by atoms with E-state index in [1.165, 1.54) is 0 Å². The molecular weight excluding hydrogens is 334 g/mol. The standard InChI is InChI=1S/C17H21ClF2N4/c1-16(2,3)14-5-4-12(15(18)22-14)9-24-10-13(8-21-24)23-7-6-17(19,20)11-23/h4-5,8,10H,6-7,9,11H2,1-3H3. The maximum Gasteiger partial charge on any atom is 0.266 e. The normalized spacial score (nSPS) is 17.5. The molecule has 2 aromatic heterocycles. The summed E-state index contributed by atoms with van der Waals surface area (Å²) < 4.78 is 28.4. The number of hydrogen-bond acceptors (Lipinski definition) is 3. The van der Waals surface area contributed by atoms with Crippen LogP contribution in [0.2, 0.25) is 5.15 Å². The smallest absolute Gasteiger partial charge is 0.266 e. The third kappa shape index (κ3) is 3.69. The van der Waals surface area contributed by atoms with E-state index in [2.05, 4.69) is 30.9 Å². The first-order chi connectivity index (χ1) is 11.1. The highest BCUT2D eigenvalue weighted by atomic mass is 35.5. The van der Waals surface area contributed by atoms with E-state index in [0.29, 0.717) is 23.9 Å². The molecule has 1 aliphatic heterocycles. The molecular formula is C17H21ClF2N4. The molecule has 1 fully saturated rings. The van der Waals surface area contributed by atoms with Crippen LogP contribution in [0.3, 0.4) is 0 Å². The van der Waals surface area contributed by atoms with Crippen LogP contribution in [0.5, 0.6) is 0 Å². The zero-order valence-corrected chi connectivity index (χ0v) is 14.8. The Kier molecular flexibility index (Phi) is 4.28. The largest absolute Gasteiger partial charge is 0.363 e. The molecule has 0 N–H and O–H groups in total. The minimum absolute atomic E-state index is 0.0674. The molecule has 0 unspecified atom stereocenters. The topological polar surface area (TPSA) is 34.0 Å². The summed E-state index contributed by atoms with van der Waals surface area (Å²) in [6.07, 6.45) is 3.28. The molecule has 0 aliphatic carbocycles. The molecule has 7 heteroatoms. The summed E-state index contributed by atoms with van der Waals surface area (Å²) in [4.78, 5) is 6.12. The average Bonchev–Trinajstić information content (AvgIpc) is 3.06. The second-order valence-corrected chi connectivity index (χ2v) is 7.68. The number of nitrogens with zero attached hydrogens (tertiary/aromatic N) is 4. The summed E-state index contributed by atoms with van der Waals surface area (Å²) in [5, 5.41) is 4.71. The molecule has 0 atom stereocenters. The Balaban J connectivity index is 1.73. The minimum Gasteiger partial charge on any atom is -0.363 e. The van der Waals surface area contributed by atoms with E-state index in [1.54, 1.807) is 22.0 Å². The van der Waals surface area contributed by atoms with Gasteiger partial charge in [0.15, 0.2) is 0 Å². The zero-order chi connectivity index (χ0) is 17.5. The minimum atomic E-state index is -2.61. The van der Waals surface area contributed by atoms with E-state index in [9.17, 15) is 8.78 Å². The maximum absolute atomic E-state index is 13.3. The Morgan fingerprint density at radius 3 is 2.62 bits per heavy atom. The summed E-state index contributed by atoms with van der Waals surface area (Å²) in [5.74, 6) is -2.61. The SMILES string of the molecule is CC(C)(C)c1ccc(Cn2cc(N3CCC(F)(F)C3)cn2)c(Cl)n1. The van der Waals surface area contributed by atoms with Crippen molar-refractivity contribution in [1.29, 1.82) is 0 Å². The highest BCUT2D eigenvalue weighted by Crippen LogP contribution is 2.30. The summed E-state index contributed by atoms with van der Waals surface area (Å²) in [5.41, 5.74) is 2.42. The molecule has 3 heterocycles. The van der Waals surface area contributed by atoms with Crippen LogP contribution in [0.1, 0.15) is 38.4 Å². The highest BCUT2D eigenvalue weighted by molar-refractivity contribution is 6.30. The molecule has 3 rings (SSSR count). The Bertz CT molecular complexity index is 736. The van der Waals surface area contributed by atoms with Gasteiger partial charge < -0.3 is 4.90 Å². The van der Waals surface area contributed by atoms with E-state index in [1.807, 2.05) is 12.1 Å². The second kappa shape index (κ2) is 5.99. The summed E-state index contributed by atoms with van der Waals surface area (Å²) >= 11 is 6.29. The van der Waals surface area contributed by atoms with Crippen molar-refractivity contribution >= 4 is 17.3 Å². The van der Waals surface area contributed by atoms with Crippen molar-refractivity contribution in [3.05, 3.63) is 40.9 Å². The van der Waals surface area contributed by atoms with E-state index >= 15 is 0 Å². The first kappa shape index (κ1) is 17.1. The number of alkyl halides is 2. The number of pyridine rings is 1. The molecule has 0 radical (unpaired) electrons. The summed E-state index contributed by atoms with van der Waals surface area (Å²) in [6, 6.07) is 3.91. The van der Waals surface area contributed by atoms with Crippen LogP contribution in [-0.4, -0.2) is 33.8 Å². The van der Waals surface area contributed by atoms with Gasteiger partial charge in [0, 0.05) is 35.8 Å². The van der Waals surface area contributed by atoms with Gasteiger partial charge in [-0.2, -0.15) is 5.10 Å². The lowest BCUT2D eigenvalue weighted by molar-refractivity contribution is 0.0257. The molecule has 0 saturated carbocycles. The molecule has 130 valence electrons. The molecule has 0 spiro atoms. The predicted octanol–water partition coefficient (Wildman–Crippen LogP) is 4.12. The second-order valence-electron chi connectivity index (χ2n) is 7.32. The van der Waals surface area contributed by atoms with Gasteiger partial charge in [0.05, 0.1) is 25.0 Å². The summed E-state index contributed by atoms with van der Waals surface area (Å²) in [6.45, 7) is 6.80. The molecule has 0 bridgehead atoms. The fourth-order valence-corrected chi connectivity index (χ4v) is 2.95.